The number of nitrogens with zero attached hydrogens (tertiary/aromatic N) is 3. The third-order valence-electron chi connectivity index (χ3n) is 3.78. The van der Waals surface area contributed by atoms with E-state index < -0.39 is 5.82 Å². The number of Topliss-reactive ketones (excluding diaryl/α,β-unsaturated/α-hetero) is 1. The highest BCUT2D eigenvalue weighted by atomic mass is 32.2. The van der Waals surface area contributed by atoms with Crippen molar-refractivity contribution in [3.05, 3.63) is 77.6 Å². The van der Waals surface area contributed by atoms with Crippen LogP contribution < -0.4 is 0 Å². The Morgan fingerprint density at radius 2 is 2.08 bits per heavy atom. The van der Waals surface area contributed by atoms with Crippen LogP contribution in [0.15, 0.2) is 65.6 Å². The minimum atomic E-state index is -0.411. The number of benzene rings is 2. The summed E-state index contributed by atoms with van der Waals surface area (Å²) in [4.78, 5) is 17.4. The number of carbonyl (C=O) groups is 1. The third kappa shape index (κ3) is 2.65. The predicted octanol–water partition coefficient (Wildman–Crippen LogP) is 3.78. The molecule has 2 aromatic carbocycles. The fraction of sp³-hybridized carbons (Fsp3) is 0.0556. The number of thioether (sulfide) groups is 1. The number of aromatic nitrogens is 3. The van der Waals surface area contributed by atoms with E-state index in [1.165, 1.54) is 23.4 Å². The lowest BCUT2D eigenvalue weighted by Gasteiger charge is -2.16. The second-order valence-corrected chi connectivity index (χ2v) is 6.35. The minimum Gasteiger partial charge on any atom is -0.289 e. The van der Waals surface area contributed by atoms with Gasteiger partial charge in [0, 0.05) is 21.8 Å². The number of rotatable bonds is 2. The fourth-order valence-electron chi connectivity index (χ4n) is 2.61. The molecular formula is C18H12FN3OS. The summed E-state index contributed by atoms with van der Waals surface area (Å²) < 4.78 is 15.7. The molecule has 4 nitrogen and oxygen atoms in total. The van der Waals surface area contributed by atoms with E-state index >= 15 is 0 Å². The lowest BCUT2D eigenvalue weighted by atomic mass is 10.0. The Balaban J connectivity index is 1.67. The molecule has 0 radical (unpaired) electrons. The van der Waals surface area contributed by atoms with Crippen molar-refractivity contribution in [2.75, 3.05) is 5.75 Å². The molecule has 2 heterocycles. The van der Waals surface area contributed by atoms with Gasteiger partial charge in [-0.1, -0.05) is 18.2 Å². The Hall–Kier alpha value is -2.73. The number of halogens is 1. The summed E-state index contributed by atoms with van der Waals surface area (Å²) in [6.07, 6.45) is 4.54. The molecule has 6 heteroatoms. The van der Waals surface area contributed by atoms with Gasteiger partial charge in [0.1, 0.15) is 24.2 Å². The number of ketones is 1. The lowest BCUT2D eigenvalue weighted by Crippen LogP contribution is -2.12. The first-order chi connectivity index (χ1) is 11.7. The molecule has 1 aliphatic heterocycles. The second-order valence-electron chi connectivity index (χ2n) is 5.33. The van der Waals surface area contributed by atoms with Crippen molar-refractivity contribution in [2.45, 2.75) is 4.90 Å². The van der Waals surface area contributed by atoms with Gasteiger partial charge in [-0.25, -0.2) is 14.1 Å². The highest BCUT2D eigenvalue weighted by molar-refractivity contribution is 7.99. The molecule has 0 amide bonds. The number of carbonyl (C=O) groups excluding carboxylic acids is 1. The summed E-state index contributed by atoms with van der Waals surface area (Å²) in [5.74, 6) is 0.179. The molecule has 0 spiro atoms. The van der Waals surface area contributed by atoms with Crippen LogP contribution in [0.4, 0.5) is 4.39 Å². The van der Waals surface area contributed by atoms with E-state index in [9.17, 15) is 9.18 Å². The maximum Gasteiger partial charge on any atom is 0.191 e. The molecule has 3 aromatic rings. The first-order valence-corrected chi connectivity index (χ1v) is 8.32. The summed E-state index contributed by atoms with van der Waals surface area (Å²) in [6, 6.07) is 12.4. The van der Waals surface area contributed by atoms with Gasteiger partial charge in [-0.2, -0.15) is 5.10 Å². The summed E-state index contributed by atoms with van der Waals surface area (Å²) in [6.45, 7) is 0. The molecule has 0 fully saturated rings. The van der Waals surface area contributed by atoms with E-state index in [4.69, 9.17) is 0 Å². The Morgan fingerprint density at radius 3 is 2.88 bits per heavy atom. The van der Waals surface area contributed by atoms with Gasteiger partial charge in [-0.05, 0) is 35.9 Å². The summed E-state index contributed by atoms with van der Waals surface area (Å²) in [5.41, 5.74) is 2.36. The molecule has 0 aliphatic carbocycles. The summed E-state index contributed by atoms with van der Waals surface area (Å²) >= 11 is 1.62. The number of fused-ring (bicyclic) bond motifs is 1. The zero-order valence-electron chi connectivity index (χ0n) is 12.5. The van der Waals surface area contributed by atoms with Gasteiger partial charge >= 0.3 is 0 Å². The van der Waals surface area contributed by atoms with Gasteiger partial charge in [0.15, 0.2) is 5.78 Å². The molecule has 24 heavy (non-hydrogen) atoms. The van der Waals surface area contributed by atoms with E-state index in [1.54, 1.807) is 30.0 Å². The molecule has 0 saturated carbocycles. The van der Waals surface area contributed by atoms with Crippen molar-refractivity contribution in [1.29, 1.82) is 0 Å². The van der Waals surface area contributed by atoms with Crippen LogP contribution in [0.1, 0.15) is 15.9 Å². The SMILES string of the molecule is O=C1/C(=C\c2ccc(-n3cncn3)c(F)c2)CSc2ccccc21. The van der Waals surface area contributed by atoms with Gasteiger partial charge < -0.3 is 0 Å². The quantitative estimate of drug-likeness (QED) is 0.668. The molecule has 0 saturated heterocycles. The highest BCUT2D eigenvalue weighted by Gasteiger charge is 2.21. The van der Waals surface area contributed by atoms with Crippen LogP contribution >= 0.6 is 11.8 Å². The molecule has 118 valence electrons. The van der Waals surface area contributed by atoms with E-state index in [-0.39, 0.29) is 5.78 Å². The molecule has 0 N–H and O–H groups in total. The van der Waals surface area contributed by atoms with Crippen molar-refractivity contribution in [2.24, 2.45) is 0 Å². The Morgan fingerprint density at radius 1 is 1.21 bits per heavy atom. The largest absolute Gasteiger partial charge is 0.289 e. The van der Waals surface area contributed by atoms with Crippen molar-refractivity contribution >= 4 is 23.6 Å². The average molecular weight is 337 g/mol. The predicted molar refractivity (Wildman–Crippen MR) is 90.8 cm³/mol. The van der Waals surface area contributed by atoms with Crippen molar-refractivity contribution in [3.63, 3.8) is 0 Å². The normalized spacial score (nSPS) is 15.5. The topological polar surface area (TPSA) is 47.8 Å². The third-order valence-corrected chi connectivity index (χ3v) is 4.91. The van der Waals surface area contributed by atoms with Crippen molar-refractivity contribution in [1.82, 2.24) is 14.8 Å². The van der Waals surface area contributed by atoms with Crippen LogP contribution in [0, 0.1) is 5.82 Å². The van der Waals surface area contributed by atoms with Crippen LogP contribution in [0.3, 0.4) is 0 Å². The standard InChI is InChI=1S/C18H12FN3OS/c19-15-8-12(5-6-16(15)22-11-20-10-21-22)7-13-9-24-17-4-2-1-3-14(17)18(13)23/h1-8,10-11H,9H2/b13-7-. The van der Waals surface area contributed by atoms with Crippen LogP contribution in [-0.2, 0) is 0 Å². The first kappa shape index (κ1) is 14.8. The molecule has 0 bridgehead atoms. The molecule has 1 aliphatic rings. The zero-order chi connectivity index (χ0) is 16.5. The first-order valence-electron chi connectivity index (χ1n) is 7.34. The summed E-state index contributed by atoms with van der Waals surface area (Å²) in [5, 5.41) is 3.92. The highest BCUT2D eigenvalue weighted by Crippen LogP contribution is 2.33. The zero-order valence-corrected chi connectivity index (χ0v) is 13.3. The maximum absolute atomic E-state index is 14.3. The van der Waals surface area contributed by atoms with Gasteiger partial charge in [-0.15, -0.1) is 11.8 Å². The number of hydrogen-bond donors (Lipinski definition) is 0. The Kier molecular flexibility index (Phi) is 3.74. The van der Waals surface area contributed by atoms with Crippen molar-refractivity contribution < 1.29 is 9.18 Å². The number of hydrogen-bond acceptors (Lipinski definition) is 4. The fourth-order valence-corrected chi connectivity index (χ4v) is 3.63. The average Bonchev–Trinajstić information content (AvgIpc) is 3.12. The lowest BCUT2D eigenvalue weighted by molar-refractivity contribution is 0.103. The van der Waals surface area contributed by atoms with E-state index in [1.807, 2.05) is 24.3 Å². The maximum atomic E-state index is 14.3. The van der Waals surface area contributed by atoms with E-state index in [2.05, 4.69) is 10.1 Å². The van der Waals surface area contributed by atoms with Crippen molar-refractivity contribution in [3.8, 4) is 5.69 Å². The molecule has 0 atom stereocenters. The second kappa shape index (κ2) is 6.05. The van der Waals surface area contributed by atoms with E-state index in [0.717, 1.165) is 4.90 Å². The van der Waals surface area contributed by atoms with E-state index in [0.29, 0.717) is 28.1 Å². The molecular weight excluding hydrogens is 325 g/mol. The smallest absolute Gasteiger partial charge is 0.191 e. The Bertz CT molecular complexity index is 951. The van der Waals surface area contributed by atoms with Crippen LogP contribution in [0.5, 0.6) is 0 Å². The molecule has 4 rings (SSSR count). The van der Waals surface area contributed by atoms with Crippen LogP contribution in [-0.4, -0.2) is 26.3 Å². The monoisotopic (exact) mass is 337 g/mol. The minimum absolute atomic E-state index is 0.00473. The van der Waals surface area contributed by atoms with Crippen LogP contribution in [0.2, 0.25) is 0 Å². The summed E-state index contributed by atoms with van der Waals surface area (Å²) in [7, 11) is 0. The van der Waals surface area contributed by atoms with Gasteiger partial charge in [0.25, 0.3) is 0 Å². The molecule has 1 aromatic heterocycles. The Labute approximate surface area is 142 Å². The van der Waals surface area contributed by atoms with Crippen LogP contribution in [0.25, 0.3) is 11.8 Å². The van der Waals surface area contributed by atoms with Gasteiger partial charge in [0.2, 0.25) is 0 Å². The van der Waals surface area contributed by atoms with Gasteiger partial charge in [0.05, 0.1) is 0 Å². The van der Waals surface area contributed by atoms with Gasteiger partial charge in [-0.3, -0.25) is 4.79 Å². The molecule has 0 unspecified atom stereocenters.